The van der Waals surface area contributed by atoms with E-state index < -0.39 is 11.0 Å². The molecule has 2 aliphatic heterocycles. The van der Waals surface area contributed by atoms with E-state index in [1.807, 2.05) is 32.1 Å². The lowest BCUT2D eigenvalue weighted by Gasteiger charge is -2.39. The molecule has 0 amide bonds. The predicted molar refractivity (Wildman–Crippen MR) is 95.0 cm³/mol. The van der Waals surface area contributed by atoms with E-state index in [2.05, 4.69) is 12.1 Å². The summed E-state index contributed by atoms with van der Waals surface area (Å²) in [6.45, 7) is 5.95. The monoisotopic (exact) mass is 356 g/mol. The van der Waals surface area contributed by atoms with Gasteiger partial charge in [0.1, 0.15) is 11.2 Å². The Morgan fingerprint density at radius 2 is 1.96 bits per heavy atom. The van der Waals surface area contributed by atoms with Gasteiger partial charge in [-0.3, -0.25) is 4.79 Å². The number of ether oxygens (including phenoxy) is 2. The van der Waals surface area contributed by atoms with Crippen LogP contribution in [0.1, 0.15) is 32.8 Å². The molecule has 0 saturated carbocycles. The minimum Gasteiger partial charge on any atom is -0.497 e. The number of allylic oxidation sites excluding steroid dienone is 2. The van der Waals surface area contributed by atoms with Crippen molar-refractivity contribution in [3.63, 3.8) is 0 Å². The van der Waals surface area contributed by atoms with E-state index in [1.165, 1.54) is 0 Å². The number of hydrogen-bond acceptors (Lipinski definition) is 5. The Balaban J connectivity index is 1.86. The number of Topliss-reactive ketones (excluding diaryl/α,β-unsaturated/α-hetero) is 1. The maximum absolute atomic E-state index is 13.6. The first-order valence-electron chi connectivity index (χ1n) is 8.60. The first-order valence-corrected chi connectivity index (χ1v) is 9.41. The maximum atomic E-state index is 13.6. The van der Waals surface area contributed by atoms with Crippen molar-refractivity contribution in [1.29, 1.82) is 0 Å². The molecule has 0 spiro atoms. The second kappa shape index (κ2) is 5.49. The Morgan fingerprint density at radius 3 is 2.60 bits per heavy atom. The Hall–Kier alpha value is -2.01. The fourth-order valence-corrected chi connectivity index (χ4v) is 5.10. The molecule has 2 atom stereocenters. The Morgan fingerprint density at radius 1 is 1.24 bits per heavy atom. The van der Waals surface area contributed by atoms with Crippen LogP contribution in [0.4, 0.5) is 0 Å². The highest BCUT2D eigenvalue weighted by molar-refractivity contribution is 8.03. The van der Waals surface area contributed by atoms with E-state index in [-0.39, 0.29) is 11.8 Å². The third-order valence-electron chi connectivity index (χ3n) is 5.49. The summed E-state index contributed by atoms with van der Waals surface area (Å²) in [5.41, 5.74) is -0.282. The molecule has 0 bridgehead atoms. The molecular weight excluding hydrogens is 336 g/mol. The Labute approximate surface area is 151 Å². The molecule has 25 heavy (non-hydrogen) atoms. The molecule has 4 nitrogen and oxygen atoms in total. The number of hydrogen-bond donors (Lipinski definition) is 0. The third kappa shape index (κ3) is 2.08. The van der Waals surface area contributed by atoms with E-state index in [9.17, 15) is 9.59 Å². The number of thioether (sulfide) groups is 1. The summed E-state index contributed by atoms with van der Waals surface area (Å²) in [7, 11) is 0. The van der Waals surface area contributed by atoms with Gasteiger partial charge in [-0.15, -0.1) is 0 Å². The van der Waals surface area contributed by atoms with Crippen molar-refractivity contribution in [3.8, 4) is 0 Å². The minimum atomic E-state index is -1.13. The molecule has 4 rings (SSSR count). The van der Waals surface area contributed by atoms with E-state index in [4.69, 9.17) is 9.47 Å². The minimum absolute atomic E-state index is 0.0358. The zero-order valence-corrected chi connectivity index (χ0v) is 15.4. The second-order valence-corrected chi connectivity index (χ2v) is 7.77. The summed E-state index contributed by atoms with van der Waals surface area (Å²) < 4.78 is 11.2. The number of ketones is 1. The first-order chi connectivity index (χ1) is 12.0. The van der Waals surface area contributed by atoms with Gasteiger partial charge in [-0.25, -0.2) is 4.79 Å². The molecule has 3 aliphatic rings. The number of carbonyl (C=O) groups excluding carboxylic acids is 2. The normalized spacial score (nSPS) is 30.3. The highest BCUT2D eigenvalue weighted by atomic mass is 32.2. The molecule has 1 aromatic rings. The smallest absolute Gasteiger partial charge is 0.353 e. The fraction of sp³-hybridized carbons (Fsp3) is 0.400. The van der Waals surface area contributed by atoms with Crippen molar-refractivity contribution >= 4 is 23.5 Å². The van der Waals surface area contributed by atoms with E-state index in [0.29, 0.717) is 25.2 Å². The summed E-state index contributed by atoms with van der Waals surface area (Å²) in [4.78, 5) is 27.7. The molecule has 0 aromatic heterocycles. The number of epoxide rings is 1. The number of carbonyl (C=O) groups is 2. The summed E-state index contributed by atoms with van der Waals surface area (Å²) in [5, 5.41) is 0. The summed E-state index contributed by atoms with van der Waals surface area (Å²) >= 11 is 1.59. The van der Waals surface area contributed by atoms with Crippen LogP contribution in [0.25, 0.3) is 0 Å². The van der Waals surface area contributed by atoms with Gasteiger partial charge in [0, 0.05) is 21.8 Å². The van der Waals surface area contributed by atoms with Crippen LogP contribution in [-0.4, -0.2) is 24.0 Å². The number of cyclic esters (lactones) is 1. The van der Waals surface area contributed by atoms with Gasteiger partial charge in [0.2, 0.25) is 5.60 Å². The SMILES string of the molecule is CCOC1=CC2=C(Cc3ccccc3S2)C(=O)C1(CC)C1(C)OC1=O. The molecule has 2 heterocycles. The largest absolute Gasteiger partial charge is 0.497 e. The summed E-state index contributed by atoms with van der Waals surface area (Å²) in [6, 6.07) is 8.11. The number of rotatable bonds is 4. The molecular formula is C20H20O4S. The average molecular weight is 356 g/mol. The maximum Gasteiger partial charge on any atom is 0.353 e. The average Bonchev–Trinajstić information content (AvgIpc) is 3.22. The van der Waals surface area contributed by atoms with Crippen LogP contribution in [0, 0.1) is 5.41 Å². The zero-order valence-electron chi connectivity index (χ0n) is 14.5. The third-order valence-corrected chi connectivity index (χ3v) is 6.69. The van der Waals surface area contributed by atoms with Gasteiger partial charge in [0.15, 0.2) is 5.78 Å². The zero-order chi connectivity index (χ0) is 17.8. The quantitative estimate of drug-likeness (QED) is 0.768. The van der Waals surface area contributed by atoms with Gasteiger partial charge in [0.05, 0.1) is 6.61 Å². The van der Waals surface area contributed by atoms with Gasteiger partial charge in [-0.2, -0.15) is 0 Å². The highest BCUT2D eigenvalue weighted by Gasteiger charge is 2.73. The van der Waals surface area contributed by atoms with Crippen LogP contribution in [0.3, 0.4) is 0 Å². The Kier molecular flexibility index (Phi) is 3.62. The van der Waals surface area contributed by atoms with E-state index in [1.54, 1.807) is 18.7 Å². The molecule has 5 heteroatoms. The lowest BCUT2D eigenvalue weighted by atomic mass is 9.64. The van der Waals surface area contributed by atoms with Crippen molar-refractivity contribution < 1.29 is 19.1 Å². The standard InChI is InChI=1S/C20H20O4S/c1-4-20(19(3)18(22)24-19)16(23-5-2)11-15-13(17(20)21)10-12-8-6-7-9-14(12)25-15/h6-9,11H,4-5,10H2,1-3H3. The molecule has 130 valence electrons. The van der Waals surface area contributed by atoms with Gasteiger partial charge in [-0.1, -0.05) is 36.9 Å². The van der Waals surface area contributed by atoms with Crippen LogP contribution in [0.2, 0.25) is 0 Å². The van der Waals surface area contributed by atoms with Gasteiger partial charge < -0.3 is 9.47 Å². The topological polar surface area (TPSA) is 55.9 Å². The molecule has 1 aliphatic carbocycles. The lowest BCUT2D eigenvalue weighted by molar-refractivity contribution is -0.130. The fourth-order valence-electron chi connectivity index (χ4n) is 3.99. The highest BCUT2D eigenvalue weighted by Crippen LogP contribution is 2.58. The molecule has 1 saturated heterocycles. The molecule has 2 unspecified atom stereocenters. The van der Waals surface area contributed by atoms with Gasteiger partial charge in [0.25, 0.3) is 0 Å². The van der Waals surface area contributed by atoms with Crippen molar-refractivity contribution in [2.24, 2.45) is 5.41 Å². The lowest BCUT2D eigenvalue weighted by Crippen LogP contribution is -2.49. The van der Waals surface area contributed by atoms with Crippen LogP contribution in [0.5, 0.6) is 0 Å². The van der Waals surface area contributed by atoms with Crippen molar-refractivity contribution in [3.05, 3.63) is 52.1 Å². The second-order valence-electron chi connectivity index (χ2n) is 6.68. The van der Waals surface area contributed by atoms with Crippen molar-refractivity contribution in [2.75, 3.05) is 6.61 Å². The van der Waals surface area contributed by atoms with Crippen LogP contribution < -0.4 is 0 Å². The molecule has 1 aromatic carbocycles. The van der Waals surface area contributed by atoms with Crippen LogP contribution in [-0.2, 0) is 25.5 Å². The number of fused-ring (bicyclic) bond motifs is 1. The van der Waals surface area contributed by atoms with Crippen LogP contribution in [0.15, 0.2) is 51.5 Å². The van der Waals surface area contributed by atoms with Crippen LogP contribution >= 0.6 is 11.8 Å². The van der Waals surface area contributed by atoms with E-state index in [0.717, 1.165) is 20.9 Å². The summed E-state index contributed by atoms with van der Waals surface area (Å²) in [5.74, 6) is 0.189. The van der Waals surface area contributed by atoms with Crippen molar-refractivity contribution in [2.45, 2.75) is 44.1 Å². The molecule has 0 radical (unpaired) electrons. The predicted octanol–water partition coefficient (Wildman–Crippen LogP) is 3.80. The molecule has 1 fully saturated rings. The van der Waals surface area contributed by atoms with Crippen molar-refractivity contribution in [1.82, 2.24) is 0 Å². The van der Waals surface area contributed by atoms with E-state index >= 15 is 0 Å². The van der Waals surface area contributed by atoms with Gasteiger partial charge in [-0.05, 0) is 38.0 Å². The van der Waals surface area contributed by atoms with Gasteiger partial charge >= 0.3 is 5.97 Å². The summed E-state index contributed by atoms with van der Waals surface area (Å²) in [6.07, 6.45) is 2.99. The first kappa shape index (κ1) is 16.5. The number of benzene rings is 1. The Bertz CT molecular complexity index is 853. The molecule has 0 N–H and O–H groups in total.